The highest BCUT2D eigenvalue weighted by Gasteiger charge is 2.33. The standard InChI is InChI=1S/C29H38F2N8O2/c1-37-12-14-38(15-13-37)27(41)18-2-7-21(8-3-18)39-26-25(35-29(39)34-24-11-4-19(30)16-23(24)31)17-32-28(36-26)33-20-5-9-22(40)10-6-20/h4,11,16-18,20-22,40H,2-3,5-10,12-15H2,1H3,(H,34,35)(H,32,33,36)/t18-,20-,21+,22-. The number of hydrogen-bond donors (Lipinski definition) is 3. The van der Waals surface area contributed by atoms with Gasteiger partial charge in [0.2, 0.25) is 17.8 Å². The van der Waals surface area contributed by atoms with E-state index < -0.39 is 11.6 Å². The fourth-order valence-electron chi connectivity index (χ4n) is 6.37. The second-order valence-corrected chi connectivity index (χ2v) is 11.7. The summed E-state index contributed by atoms with van der Waals surface area (Å²) >= 11 is 0. The van der Waals surface area contributed by atoms with Gasteiger partial charge >= 0.3 is 0 Å². The molecule has 1 aliphatic heterocycles. The topological polar surface area (TPSA) is 111 Å². The predicted molar refractivity (Wildman–Crippen MR) is 152 cm³/mol. The van der Waals surface area contributed by atoms with E-state index >= 15 is 0 Å². The molecule has 0 unspecified atom stereocenters. The van der Waals surface area contributed by atoms with Crippen LogP contribution in [0, 0.1) is 17.6 Å². The summed E-state index contributed by atoms with van der Waals surface area (Å²) in [5, 5.41) is 16.3. The number of amides is 1. The van der Waals surface area contributed by atoms with Crippen LogP contribution in [0.2, 0.25) is 0 Å². The zero-order valence-corrected chi connectivity index (χ0v) is 23.4. The average molecular weight is 569 g/mol. The molecule has 3 aliphatic rings. The number of likely N-dealkylation sites (N-methyl/N-ethyl adjacent to an activating group) is 1. The fourth-order valence-corrected chi connectivity index (χ4v) is 6.37. The number of nitrogens with zero attached hydrogens (tertiary/aromatic N) is 6. The van der Waals surface area contributed by atoms with Crippen molar-refractivity contribution in [1.82, 2.24) is 29.3 Å². The Morgan fingerprint density at radius 3 is 2.41 bits per heavy atom. The van der Waals surface area contributed by atoms with Crippen molar-refractivity contribution in [2.45, 2.75) is 69.6 Å². The third-order valence-electron chi connectivity index (χ3n) is 8.87. The van der Waals surface area contributed by atoms with Crippen molar-refractivity contribution < 1.29 is 18.7 Å². The van der Waals surface area contributed by atoms with Crippen molar-refractivity contribution in [3.63, 3.8) is 0 Å². The molecule has 41 heavy (non-hydrogen) atoms. The highest BCUT2D eigenvalue weighted by atomic mass is 19.1. The Morgan fingerprint density at radius 1 is 0.976 bits per heavy atom. The molecule has 0 radical (unpaired) electrons. The molecule has 3 fully saturated rings. The van der Waals surface area contributed by atoms with E-state index in [1.54, 1.807) is 6.20 Å². The number of anilines is 3. The molecule has 3 aromatic rings. The van der Waals surface area contributed by atoms with Gasteiger partial charge in [-0.15, -0.1) is 0 Å². The van der Waals surface area contributed by atoms with Gasteiger partial charge in [0.25, 0.3) is 0 Å². The predicted octanol–water partition coefficient (Wildman–Crippen LogP) is 4.07. The van der Waals surface area contributed by atoms with Crippen LogP contribution in [0.5, 0.6) is 0 Å². The van der Waals surface area contributed by atoms with E-state index in [0.29, 0.717) is 23.1 Å². The number of aromatic nitrogens is 4. The maximum atomic E-state index is 14.6. The van der Waals surface area contributed by atoms with E-state index in [9.17, 15) is 18.7 Å². The Labute approximate surface area is 238 Å². The van der Waals surface area contributed by atoms with Gasteiger partial charge in [0.1, 0.15) is 17.2 Å². The van der Waals surface area contributed by atoms with Gasteiger partial charge in [0.15, 0.2) is 5.65 Å². The molecule has 2 saturated carbocycles. The maximum Gasteiger partial charge on any atom is 0.225 e. The number of fused-ring (bicyclic) bond motifs is 1. The maximum absolute atomic E-state index is 14.6. The molecule has 1 amide bonds. The summed E-state index contributed by atoms with van der Waals surface area (Å²) in [6.07, 6.45) is 7.57. The second kappa shape index (κ2) is 11.8. The van der Waals surface area contributed by atoms with E-state index in [-0.39, 0.29) is 35.7 Å². The van der Waals surface area contributed by atoms with E-state index in [2.05, 4.69) is 27.6 Å². The Hall–Kier alpha value is -3.38. The lowest BCUT2D eigenvalue weighted by Gasteiger charge is -2.37. The summed E-state index contributed by atoms with van der Waals surface area (Å²) in [5.41, 5.74) is 1.31. The molecule has 0 atom stereocenters. The molecular weight excluding hydrogens is 530 g/mol. The molecule has 2 aliphatic carbocycles. The van der Waals surface area contributed by atoms with Gasteiger partial charge < -0.3 is 25.5 Å². The summed E-state index contributed by atoms with van der Waals surface area (Å²) in [4.78, 5) is 31.5. The van der Waals surface area contributed by atoms with Crippen LogP contribution in [-0.4, -0.2) is 85.7 Å². The lowest BCUT2D eigenvalue weighted by molar-refractivity contribution is -0.138. The van der Waals surface area contributed by atoms with Crippen molar-refractivity contribution in [3.05, 3.63) is 36.0 Å². The van der Waals surface area contributed by atoms with E-state index in [1.165, 1.54) is 12.1 Å². The second-order valence-electron chi connectivity index (χ2n) is 11.7. The van der Waals surface area contributed by atoms with Gasteiger partial charge in [-0.25, -0.2) is 18.7 Å². The third-order valence-corrected chi connectivity index (χ3v) is 8.87. The molecule has 10 nitrogen and oxygen atoms in total. The van der Waals surface area contributed by atoms with Crippen LogP contribution in [0.4, 0.5) is 26.4 Å². The molecule has 0 spiro atoms. The minimum Gasteiger partial charge on any atom is -0.393 e. The summed E-state index contributed by atoms with van der Waals surface area (Å²) in [7, 11) is 2.08. The van der Waals surface area contributed by atoms with Crippen LogP contribution in [0.3, 0.4) is 0 Å². The van der Waals surface area contributed by atoms with Crippen molar-refractivity contribution in [2.24, 2.45) is 5.92 Å². The zero-order chi connectivity index (χ0) is 28.5. The summed E-state index contributed by atoms with van der Waals surface area (Å²) < 4.78 is 30.2. The summed E-state index contributed by atoms with van der Waals surface area (Å²) in [5.74, 6) is -0.237. The number of imidazole rings is 1. The first-order chi connectivity index (χ1) is 19.8. The van der Waals surface area contributed by atoms with Gasteiger partial charge in [-0.05, 0) is 70.5 Å². The Morgan fingerprint density at radius 2 is 1.71 bits per heavy atom. The molecular formula is C29H38F2N8O2. The van der Waals surface area contributed by atoms with Crippen molar-refractivity contribution in [2.75, 3.05) is 43.9 Å². The number of halogens is 2. The minimum absolute atomic E-state index is 0.00451. The van der Waals surface area contributed by atoms with E-state index in [4.69, 9.17) is 9.97 Å². The molecule has 3 N–H and O–H groups in total. The number of aliphatic hydroxyl groups is 1. The molecule has 1 aromatic carbocycles. The Balaban J connectivity index is 1.25. The van der Waals surface area contributed by atoms with Gasteiger partial charge in [0, 0.05) is 50.2 Å². The number of rotatable bonds is 6. The first-order valence-electron chi connectivity index (χ1n) is 14.7. The fraction of sp³-hybridized carbons (Fsp3) is 0.586. The highest BCUT2D eigenvalue weighted by Crippen LogP contribution is 2.38. The first-order valence-corrected chi connectivity index (χ1v) is 14.7. The van der Waals surface area contributed by atoms with Crippen LogP contribution in [0.15, 0.2) is 24.4 Å². The first kappa shape index (κ1) is 27.8. The van der Waals surface area contributed by atoms with Crippen LogP contribution >= 0.6 is 0 Å². The van der Waals surface area contributed by atoms with Crippen LogP contribution in [0.25, 0.3) is 11.2 Å². The van der Waals surface area contributed by atoms with Crippen molar-refractivity contribution >= 4 is 34.7 Å². The van der Waals surface area contributed by atoms with Crippen LogP contribution in [0.1, 0.15) is 57.4 Å². The van der Waals surface area contributed by atoms with Crippen LogP contribution in [-0.2, 0) is 4.79 Å². The lowest BCUT2D eigenvalue weighted by Crippen LogP contribution is -2.49. The number of nitrogens with one attached hydrogen (secondary N) is 2. The number of benzene rings is 1. The molecule has 220 valence electrons. The van der Waals surface area contributed by atoms with Gasteiger partial charge in [-0.2, -0.15) is 4.98 Å². The summed E-state index contributed by atoms with van der Waals surface area (Å²) in [6, 6.07) is 3.57. The number of carbonyl (C=O) groups excluding carboxylic acids is 1. The minimum atomic E-state index is -0.710. The van der Waals surface area contributed by atoms with Gasteiger partial charge in [-0.3, -0.25) is 9.36 Å². The zero-order valence-electron chi connectivity index (χ0n) is 23.4. The average Bonchev–Trinajstić information content (AvgIpc) is 3.33. The van der Waals surface area contributed by atoms with Crippen molar-refractivity contribution in [1.29, 1.82) is 0 Å². The lowest BCUT2D eigenvalue weighted by atomic mass is 9.85. The third kappa shape index (κ3) is 6.13. The molecule has 1 saturated heterocycles. The summed E-state index contributed by atoms with van der Waals surface area (Å²) in [6.45, 7) is 3.33. The van der Waals surface area contributed by atoms with Crippen LogP contribution < -0.4 is 10.6 Å². The van der Waals surface area contributed by atoms with E-state index in [1.807, 2.05) is 9.47 Å². The smallest absolute Gasteiger partial charge is 0.225 e. The Bertz CT molecular complexity index is 1380. The molecule has 12 heteroatoms. The number of carbonyl (C=O) groups is 1. The monoisotopic (exact) mass is 568 g/mol. The molecule has 0 bridgehead atoms. The highest BCUT2D eigenvalue weighted by molar-refractivity contribution is 5.79. The SMILES string of the molecule is CN1CCN(C(=O)[C@H]2CC[C@@H](n3c(Nc4ccc(F)cc4F)nc4cnc(N[C@H]5CC[C@H](O)CC5)nc43)CC2)CC1. The largest absolute Gasteiger partial charge is 0.393 e. The molecule has 6 rings (SSSR count). The van der Waals surface area contributed by atoms with Crippen molar-refractivity contribution in [3.8, 4) is 0 Å². The normalized spacial score (nSPS) is 25.8. The quantitative estimate of drug-likeness (QED) is 0.408. The molecule has 3 heterocycles. The van der Waals surface area contributed by atoms with E-state index in [0.717, 1.165) is 83.6 Å². The van der Waals surface area contributed by atoms with Gasteiger partial charge in [-0.1, -0.05) is 0 Å². The molecule has 2 aromatic heterocycles. The number of aliphatic hydroxyl groups excluding tert-OH is 1. The van der Waals surface area contributed by atoms with Gasteiger partial charge in [0.05, 0.1) is 18.0 Å². The Kier molecular flexibility index (Phi) is 8.03. The number of hydrogen-bond acceptors (Lipinski definition) is 8. The number of piperazine rings is 1.